The van der Waals surface area contributed by atoms with E-state index in [4.69, 9.17) is 11.6 Å². The highest BCUT2D eigenvalue weighted by molar-refractivity contribution is 6.32. The van der Waals surface area contributed by atoms with Gasteiger partial charge in [0.1, 0.15) is 10.7 Å². The van der Waals surface area contributed by atoms with Crippen molar-refractivity contribution in [2.75, 3.05) is 5.43 Å². The van der Waals surface area contributed by atoms with Gasteiger partial charge < -0.3 is 0 Å². The third kappa shape index (κ3) is 3.52. The van der Waals surface area contributed by atoms with E-state index in [0.29, 0.717) is 5.69 Å². The van der Waals surface area contributed by atoms with Crippen molar-refractivity contribution in [2.45, 2.75) is 6.92 Å². The molecule has 0 radical (unpaired) electrons. The molecule has 2 aromatic carbocycles. The number of hydrazone groups is 1. The first-order valence-electron chi connectivity index (χ1n) is 7.34. The molecule has 0 amide bonds. The van der Waals surface area contributed by atoms with Crippen LogP contribution in [0.1, 0.15) is 12.5 Å². The molecule has 1 aromatic heterocycles. The van der Waals surface area contributed by atoms with Crippen LogP contribution in [0.4, 0.5) is 5.69 Å². The summed E-state index contributed by atoms with van der Waals surface area (Å²) in [6.45, 7) is 1.88. The lowest BCUT2D eigenvalue weighted by molar-refractivity contribution is 0.986. The molecule has 0 spiro atoms. The van der Waals surface area contributed by atoms with Gasteiger partial charge in [-0.2, -0.15) is 10.2 Å². The van der Waals surface area contributed by atoms with Gasteiger partial charge in [-0.05, 0) is 29.7 Å². The van der Waals surface area contributed by atoms with Crippen LogP contribution >= 0.6 is 11.6 Å². The number of aromatic amines is 1. The van der Waals surface area contributed by atoms with Crippen LogP contribution in [0, 0.1) is 0 Å². The Morgan fingerprint density at radius 2 is 1.88 bits per heavy atom. The summed E-state index contributed by atoms with van der Waals surface area (Å²) in [6.07, 6.45) is 1.42. The Balaban J connectivity index is 1.86. The number of aromatic nitrogens is 2. The molecule has 0 unspecified atom stereocenters. The Hall–Kier alpha value is -2.92. The average molecular weight is 339 g/mol. The van der Waals surface area contributed by atoms with Crippen LogP contribution in [0.25, 0.3) is 11.1 Å². The number of nitrogens with zero attached hydrogens (tertiary/aromatic N) is 2. The minimum atomic E-state index is -0.458. The molecule has 3 rings (SSSR count). The van der Waals surface area contributed by atoms with E-state index in [0.717, 1.165) is 22.4 Å². The van der Waals surface area contributed by atoms with Crippen molar-refractivity contribution in [2.24, 2.45) is 5.10 Å². The summed E-state index contributed by atoms with van der Waals surface area (Å²) in [4.78, 5) is 11.4. The predicted octanol–water partition coefficient (Wildman–Crippen LogP) is 3.93. The third-order valence-electron chi connectivity index (χ3n) is 3.53. The Morgan fingerprint density at radius 3 is 2.67 bits per heavy atom. The van der Waals surface area contributed by atoms with Gasteiger partial charge in [-0.3, -0.25) is 10.2 Å². The molecule has 0 atom stereocenters. The number of hydrogen-bond acceptors (Lipinski definition) is 4. The van der Waals surface area contributed by atoms with Crippen molar-refractivity contribution < 1.29 is 0 Å². The summed E-state index contributed by atoms with van der Waals surface area (Å²) in [6, 6.07) is 18.2. The highest BCUT2D eigenvalue weighted by Gasteiger charge is 2.05. The van der Waals surface area contributed by atoms with Gasteiger partial charge in [-0.15, -0.1) is 0 Å². The lowest BCUT2D eigenvalue weighted by Gasteiger charge is -2.07. The monoisotopic (exact) mass is 338 g/mol. The molecular weight excluding hydrogens is 324 g/mol. The number of halogens is 1. The molecule has 6 heteroatoms. The fourth-order valence-electron chi connectivity index (χ4n) is 2.22. The summed E-state index contributed by atoms with van der Waals surface area (Å²) < 4.78 is 0. The van der Waals surface area contributed by atoms with Crippen molar-refractivity contribution in [1.29, 1.82) is 0 Å². The normalized spacial score (nSPS) is 11.3. The lowest BCUT2D eigenvalue weighted by Crippen LogP contribution is -2.10. The lowest BCUT2D eigenvalue weighted by atomic mass is 10.0. The summed E-state index contributed by atoms with van der Waals surface area (Å²) >= 11 is 5.91. The van der Waals surface area contributed by atoms with Crippen LogP contribution in [-0.2, 0) is 0 Å². The number of benzene rings is 2. The van der Waals surface area contributed by atoms with E-state index in [1.54, 1.807) is 0 Å². The minimum Gasteiger partial charge on any atom is -0.275 e. The predicted molar refractivity (Wildman–Crippen MR) is 97.6 cm³/mol. The zero-order chi connectivity index (χ0) is 16.9. The van der Waals surface area contributed by atoms with Crippen LogP contribution in [0.3, 0.4) is 0 Å². The maximum Gasteiger partial charge on any atom is 0.285 e. The van der Waals surface area contributed by atoms with Gasteiger partial charge in [0, 0.05) is 0 Å². The molecule has 5 nitrogen and oxygen atoms in total. The summed E-state index contributed by atoms with van der Waals surface area (Å²) in [5.74, 6) is 0. The van der Waals surface area contributed by atoms with E-state index in [2.05, 4.69) is 45.0 Å². The zero-order valence-electron chi connectivity index (χ0n) is 13.0. The molecule has 1 heterocycles. The molecule has 0 aliphatic rings. The highest BCUT2D eigenvalue weighted by atomic mass is 35.5. The molecule has 0 aliphatic carbocycles. The first-order chi connectivity index (χ1) is 11.6. The summed E-state index contributed by atoms with van der Waals surface area (Å²) in [5.41, 5.74) is 6.68. The molecule has 2 N–H and O–H groups in total. The Bertz CT molecular complexity index is 935. The van der Waals surface area contributed by atoms with Crippen LogP contribution in [0.2, 0.25) is 5.02 Å². The number of hydrogen-bond donors (Lipinski definition) is 2. The Labute approximate surface area is 144 Å². The molecule has 24 heavy (non-hydrogen) atoms. The third-order valence-corrected chi connectivity index (χ3v) is 3.90. The van der Waals surface area contributed by atoms with E-state index in [9.17, 15) is 4.79 Å². The second-order valence-corrected chi connectivity index (χ2v) is 5.56. The van der Waals surface area contributed by atoms with Gasteiger partial charge >= 0.3 is 0 Å². The van der Waals surface area contributed by atoms with E-state index < -0.39 is 5.56 Å². The van der Waals surface area contributed by atoms with Gasteiger partial charge in [-0.1, -0.05) is 60.1 Å². The maximum atomic E-state index is 11.4. The molecule has 0 fully saturated rings. The Kier molecular flexibility index (Phi) is 4.72. The van der Waals surface area contributed by atoms with Crippen molar-refractivity contribution >= 4 is 23.0 Å². The zero-order valence-corrected chi connectivity index (χ0v) is 13.7. The SMILES string of the molecule is C/C(=N\Nc1cn[nH]c(=O)c1Cl)c1cccc(-c2ccccc2)c1. The van der Waals surface area contributed by atoms with Gasteiger partial charge in [0.05, 0.1) is 11.9 Å². The van der Waals surface area contributed by atoms with Crippen LogP contribution in [0.15, 0.2) is 70.7 Å². The van der Waals surface area contributed by atoms with Gasteiger partial charge in [0.25, 0.3) is 5.56 Å². The van der Waals surface area contributed by atoms with E-state index >= 15 is 0 Å². The second kappa shape index (κ2) is 7.10. The molecule has 0 aliphatic heterocycles. The second-order valence-electron chi connectivity index (χ2n) is 5.18. The Morgan fingerprint density at radius 1 is 1.12 bits per heavy atom. The fraction of sp³-hybridized carbons (Fsp3) is 0.0556. The quantitative estimate of drug-likeness (QED) is 0.559. The summed E-state index contributed by atoms with van der Waals surface area (Å²) in [7, 11) is 0. The summed E-state index contributed by atoms with van der Waals surface area (Å²) in [5, 5.41) is 10.3. The first-order valence-corrected chi connectivity index (χ1v) is 7.72. The van der Waals surface area contributed by atoms with Gasteiger partial charge in [0.2, 0.25) is 0 Å². The number of rotatable bonds is 4. The molecule has 0 saturated heterocycles. The highest BCUT2D eigenvalue weighted by Crippen LogP contribution is 2.20. The molecule has 120 valence electrons. The molecule has 3 aromatic rings. The van der Waals surface area contributed by atoms with Gasteiger partial charge in [-0.25, -0.2) is 5.10 Å². The van der Waals surface area contributed by atoms with Crippen LogP contribution in [0.5, 0.6) is 0 Å². The van der Waals surface area contributed by atoms with Gasteiger partial charge in [0.15, 0.2) is 0 Å². The fourth-order valence-corrected chi connectivity index (χ4v) is 2.36. The van der Waals surface area contributed by atoms with E-state index in [-0.39, 0.29) is 5.02 Å². The van der Waals surface area contributed by atoms with Crippen molar-refractivity contribution in [3.8, 4) is 11.1 Å². The first kappa shape index (κ1) is 16.0. The van der Waals surface area contributed by atoms with Crippen molar-refractivity contribution in [3.05, 3.63) is 81.7 Å². The minimum absolute atomic E-state index is 0.0274. The molecule has 0 bridgehead atoms. The topological polar surface area (TPSA) is 70.1 Å². The van der Waals surface area contributed by atoms with Crippen LogP contribution < -0.4 is 11.0 Å². The number of anilines is 1. The molecular formula is C18H15ClN4O. The van der Waals surface area contributed by atoms with E-state index in [1.165, 1.54) is 6.20 Å². The largest absolute Gasteiger partial charge is 0.285 e. The average Bonchev–Trinajstić information content (AvgIpc) is 2.63. The standard InChI is InChI=1S/C18H15ClN4O/c1-12(21-22-16-11-20-23-18(24)17(16)19)14-8-5-9-15(10-14)13-6-3-2-4-7-13/h2-11H,1H3,(H2,22,23,24)/b21-12+. The molecule has 0 saturated carbocycles. The van der Waals surface area contributed by atoms with Crippen molar-refractivity contribution in [3.63, 3.8) is 0 Å². The smallest absolute Gasteiger partial charge is 0.275 e. The van der Waals surface area contributed by atoms with Crippen molar-refractivity contribution in [1.82, 2.24) is 10.2 Å². The number of nitrogens with one attached hydrogen (secondary N) is 2. The van der Waals surface area contributed by atoms with Crippen LogP contribution in [-0.4, -0.2) is 15.9 Å². The maximum absolute atomic E-state index is 11.4. The van der Waals surface area contributed by atoms with E-state index in [1.807, 2.05) is 37.3 Å². The number of H-pyrrole nitrogens is 1.